The Labute approximate surface area is 158 Å². The normalized spacial score (nSPS) is 16.3. The summed E-state index contributed by atoms with van der Waals surface area (Å²) in [5.41, 5.74) is 2.34. The second kappa shape index (κ2) is 8.05. The Morgan fingerprint density at radius 1 is 1.08 bits per heavy atom. The molecule has 5 nitrogen and oxygen atoms in total. The van der Waals surface area contributed by atoms with Crippen LogP contribution >= 0.6 is 22.9 Å². The Bertz CT molecular complexity index is 798. The SMILES string of the molecule is CN1CCN(c2ccc(CCNS(=O)(=O)c3ccc(Cl)s3)cc2)CC1. The summed E-state index contributed by atoms with van der Waals surface area (Å²) in [5, 5.41) is 0. The standard InChI is InChI=1S/C17H22ClN3O2S2/c1-20-10-12-21(13-11-20)15-4-2-14(3-5-15)8-9-19-25(22,23)17-7-6-16(18)24-17/h2-7,19H,8-13H2,1H3. The Morgan fingerprint density at radius 3 is 2.36 bits per heavy atom. The van der Waals surface area contributed by atoms with Crippen LogP contribution in [0.4, 0.5) is 5.69 Å². The largest absolute Gasteiger partial charge is 0.369 e. The highest BCUT2D eigenvalue weighted by atomic mass is 35.5. The number of nitrogens with zero attached hydrogens (tertiary/aromatic N) is 2. The van der Waals surface area contributed by atoms with Crippen LogP contribution in [0.1, 0.15) is 5.56 Å². The maximum Gasteiger partial charge on any atom is 0.250 e. The van der Waals surface area contributed by atoms with Crippen molar-refractivity contribution >= 4 is 38.6 Å². The predicted octanol–water partition coefficient (Wildman–Crippen LogP) is 2.67. The van der Waals surface area contributed by atoms with Crippen LogP contribution in [-0.2, 0) is 16.4 Å². The Hall–Kier alpha value is -1.12. The zero-order valence-electron chi connectivity index (χ0n) is 14.1. The van der Waals surface area contributed by atoms with E-state index in [1.165, 1.54) is 11.8 Å². The third-order valence-corrected chi connectivity index (χ3v) is 7.51. The van der Waals surface area contributed by atoms with Gasteiger partial charge in [0.15, 0.2) is 0 Å². The van der Waals surface area contributed by atoms with E-state index in [-0.39, 0.29) is 4.21 Å². The van der Waals surface area contributed by atoms with Crippen molar-refractivity contribution in [2.45, 2.75) is 10.6 Å². The van der Waals surface area contributed by atoms with Gasteiger partial charge in [-0.3, -0.25) is 0 Å². The molecule has 1 N–H and O–H groups in total. The van der Waals surface area contributed by atoms with E-state index in [9.17, 15) is 8.42 Å². The first-order valence-corrected chi connectivity index (χ1v) is 10.9. The Morgan fingerprint density at radius 2 is 1.76 bits per heavy atom. The molecule has 8 heteroatoms. The van der Waals surface area contributed by atoms with E-state index in [4.69, 9.17) is 11.6 Å². The molecule has 0 atom stereocenters. The first kappa shape index (κ1) is 18.7. The second-order valence-electron chi connectivity index (χ2n) is 6.16. The molecule has 0 spiro atoms. The van der Waals surface area contributed by atoms with Crippen molar-refractivity contribution in [3.63, 3.8) is 0 Å². The predicted molar refractivity (Wildman–Crippen MR) is 104 cm³/mol. The number of anilines is 1. The molecule has 25 heavy (non-hydrogen) atoms. The highest BCUT2D eigenvalue weighted by molar-refractivity contribution is 7.91. The summed E-state index contributed by atoms with van der Waals surface area (Å²) in [4.78, 5) is 4.71. The van der Waals surface area contributed by atoms with Crippen molar-refractivity contribution in [3.8, 4) is 0 Å². The molecule has 136 valence electrons. The first-order chi connectivity index (χ1) is 11.9. The smallest absolute Gasteiger partial charge is 0.250 e. The minimum Gasteiger partial charge on any atom is -0.369 e. The van der Waals surface area contributed by atoms with Gasteiger partial charge in [0, 0.05) is 38.4 Å². The summed E-state index contributed by atoms with van der Waals surface area (Å²) >= 11 is 6.87. The highest BCUT2D eigenvalue weighted by Gasteiger charge is 2.16. The quantitative estimate of drug-likeness (QED) is 0.811. The number of hydrogen-bond donors (Lipinski definition) is 1. The molecule has 1 aromatic heterocycles. The molecule has 1 aliphatic heterocycles. The van der Waals surface area contributed by atoms with Gasteiger partial charge < -0.3 is 9.80 Å². The summed E-state index contributed by atoms with van der Waals surface area (Å²) in [7, 11) is -1.32. The lowest BCUT2D eigenvalue weighted by Gasteiger charge is -2.34. The van der Waals surface area contributed by atoms with Crippen molar-refractivity contribution in [1.29, 1.82) is 0 Å². The average molecular weight is 400 g/mol. The van der Waals surface area contributed by atoms with Gasteiger partial charge in [0.05, 0.1) is 4.34 Å². The second-order valence-corrected chi connectivity index (χ2v) is 9.87. The molecule has 2 heterocycles. The highest BCUT2D eigenvalue weighted by Crippen LogP contribution is 2.25. The van der Waals surface area contributed by atoms with E-state index in [0.717, 1.165) is 43.1 Å². The van der Waals surface area contributed by atoms with Gasteiger partial charge in [-0.1, -0.05) is 23.7 Å². The molecule has 3 rings (SSSR count). The summed E-state index contributed by atoms with van der Waals surface area (Å²) in [5.74, 6) is 0. The number of rotatable bonds is 6. The molecule has 1 fully saturated rings. The maximum atomic E-state index is 12.2. The molecule has 0 amide bonds. The van der Waals surface area contributed by atoms with Gasteiger partial charge in [0.1, 0.15) is 4.21 Å². The van der Waals surface area contributed by atoms with Gasteiger partial charge in [0.25, 0.3) is 0 Å². The summed E-state index contributed by atoms with van der Waals surface area (Å²) in [6, 6.07) is 11.5. The number of thiophene rings is 1. The molecule has 0 radical (unpaired) electrons. The van der Waals surface area contributed by atoms with Crippen LogP contribution in [0, 0.1) is 0 Å². The summed E-state index contributed by atoms with van der Waals surface area (Å²) < 4.78 is 27.7. The van der Waals surface area contributed by atoms with Crippen LogP contribution in [0.5, 0.6) is 0 Å². The molecule has 2 aromatic rings. The lowest BCUT2D eigenvalue weighted by molar-refractivity contribution is 0.313. The van der Waals surface area contributed by atoms with Crippen molar-refractivity contribution in [2.75, 3.05) is 44.7 Å². The fourth-order valence-corrected chi connectivity index (χ4v) is 5.34. The van der Waals surface area contributed by atoms with Crippen molar-refractivity contribution < 1.29 is 8.42 Å². The number of piperazine rings is 1. The molecule has 0 bridgehead atoms. The van der Waals surface area contributed by atoms with E-state index in [0.29, 0.717) is 17.3 Å². The van der Waals surface area contributed by atoms with E-state index in [1.54, 1.807) is 6.07 Å². The van der Waals surface area contributed by atoms with Crippen molar-refractivity contribution in [3.05, 3.63) is 46.3 Å². The molecule has 1 aromatic carbocycles. The number of sulfonamides is 1. The number of benzene rings is 1. The molecule has 0 saturated carbocycles. The van der Waals surface area contributed by atoms with Crippen LogP contribution in [0.2, 0.25) is 4.34 Å². The van der Waals surface area contributed by atoms with Gasteiger partial charge >= 0.3 is 0 Å². The number of hydrogen-bond acceptors (Lipinski definition) is 5. The molecule has 1 aliphatic rings. The molecule has 0 aliphatic carbocycles. The molecule has 0 unspecified atom stereocenters. The zero-order valence-corrected chi connectivity index (χ0v) is 16.5. The van der Waals surface area contributed by atoms with Gasteiger partial charge in [-0.05, 0) is 43.3 Å². The minimum atomic E-state index is -3.47. The van der Waals surface area contributed by atoms with Crippen molar-refractivity contribution in [2.24, 2.45) is 0 Å². The lowest BCUT2D eigenvalue weighted by atomic mass is 10.1. The monoisotopic (exact) mass is 399 g/mol. The Balaban J connectivity index is 1.52. The fraction of sp³-hybridized carbons (Fsp3) is 0.412. The van der Waals surface area contributed by atoms with E-state index < -0.39 is 10.0 Å². The minimum absolute atomic E-state index is 0.253. The van der Waals surface area contributed by atoms with Crippen LogP contribution in [-0.4, -0.2) is 53.1 Å². The van der Waals surface area contributed by atoms with Gasteiger partial charge in [-0.15, -0.1) is 11.3 Å². The van der Waals surface area contributed by atoms with E-state index in [1.807, 2.05) is 0 Å². The first-order valence-electron chi connectivity index (χ1n) is 8.21. The third-order valence-electron chi connectivity index (χ3n) is 4.32. The lowest BCUT2D eigenvalue weighted by Crippen LogP contribution is -2.44. The van der Waals surface area contributed by atoms with Crippen LogP contribution in [0.25, 0.3) is 0 Å². The number of likely N-dealkylation sites (N-methyl/N-ethyl adjacent to an activating group) is 1. The summed E-state index contributed by atoms with van der Waals surface area (Å²) in [6.07, 6.45) is 0.654. The summed E-state index contributed by atoms with van der Waals surface area (Å²) in [6.45, 7) is 4.61. The number of nitrogens with one attached hydrogen (secondary N) is 1. The van der Waals surface area contributed by atoms with Crippen molar-refractivity contribution in [1.82, 2.24) is 9.62 Å². The van der Waals surface area contributed by atoms with Gasteiger partial charge in [-0.2, -0.15) is 0 Å². The van der Waals surface area contributed by atoms with Crippen LogP contribution in [0.15, 0.2) is 40.6 Å². The average Bonchev–Trinajstić information content (AvgIpc) is 3.04. The third kappa shape index (κ3) is 4.95. The van der Waals surface area contributed by atoms with E-state index >= 15 is 0 Å². The Kier molecular flexibility index (Phi) is 6.01. The molecular formula is C17H22ClN3O2S2. The van der Waals surface area contributed by atoms with Gasteiger partial charge in [0.2, 0.25) is 10.0 Å². The van der Waals surface area contributed by atoms with Crippen LogP contribution < -0.4 is 9.62 Å². The fourth-order valence-electron chi connectivity index (χ4n) is 2.78. The van der Waals surface area contributed by atoms with Crippen LogP contribution in [0.3, 0.4) is 0 Å². The topological polar surface area (TPSA) is 52.6 Å². The maximum absolute atomic E-state index is 12.2. The zero-order chi connectivity index (χ0) is 17.9. The molecule has 1 saturated heterocycles. The van der Waals surface area contributed by atoms with E-state index in [2.05, 4.69) is 45.8 Å². The van der Waals surface area contributed by atoms with Gasteiger partial charge in [-0.25, -0.2) is 13.1 Å². The molecular weight excluding hydrogens is 378 g/mol. The number of halogens is 1.